The Morgan fingerprint density at radius 1 is 1.11 bits per heavy atom. The number of nitrogens with zero attached hydrogens (tertiary/aromatic N) is 2. The molecule has 0 saturated heterocycles. The molecule has 1 amide bonds. The Kier molecular flexibility index (Phi) is 6.49. The van der Waals surface area contributed by atoms with Gasteiger partial charge in [0.1, 0.15) is 5.69 Å². The molecule has 0 atom stereocenters. The number of aromatic nitrogens is 2. The van der Waals surface area contributed by atoms with Gasteiger partial charge in [-0.15, -0.1) is 0 Å². The lowest BCUT2D eigenvalue weighted by Crippen LogP contribution is -2.27. The van der Waals surface area contributed by atoms with Crippen molar-refractivity contribution in [3.05, 3.63) is 70.4 Å². The second-order valence-electron chi connectivity index (χ2n) is 6.70. The number of ether oxygens (including phenoxy) is 1. The van der Waals surface area contributed by atoms with E-state index < -0.39 is 0 Å². The van der Waals surface area contributed by atoms with Crippen molar-refractivity contribution in [1.82, 2.24) is 15.1 Å². The molecule has 28 heavy (non-hydrogen) atoms. The summed E-state index contributed by atoms with van der Waals surface area (Å²) in [6.45, 7) is 5.28. The van der Waals surface area contributed by atoms with Crippen LogP contribution in [0, 0.1) is 13.8 Å². The van der Waals surface area contributed by atoms with E-state index in [0.717, 1.165) is 23.4 Å². The molecule has 0 aliphatic rings. The van der Waals surface area contributed by atoms with E-state index in [0.29, 0.717) is 23.9 Å². The normalized spacial score (nSPS) is 10.9. The summed E-state index contributed by atoms with van der Waals surface area (Å²) in [5.74, 6) is -0.173. The summed E-state index contributed by atoms with van der Waals surface area (Å²) in [6, 6.07) is 15.3. The Labute approximate surface area is 170 Å². The van der Waals surface area contributed by atoms with E-state index in [-0.39, 0.29) is 5.91 Å². The van der Waals surface area contributed by atoms with E-state index in [1.807, 2.05) is 24.3 Å². The van der Waals surface area contributed by atoms with E-state index in [4.69, 9.17) is 21.4 Å². The Balaban J connectivity index is 1.98. The molecule has 0 saturated carbocycles. The molecule has 5 nitrogen and oxygen atoms in total. The van der Waals surface area contributed by atoms with Crippen molar-refractivity contribution in [3.63, 3.8) is 0 Å². The largest absolute Gasteiger partial charge is 0.385 e. The number of rotatable bonds is 7. The number of carbonyl (C=O) groups is 1. The van der Waals surface area contributed by atoms with Gasteiger partial charge in [0.15, 0.2) is 0 Å². The number of hydrogen-bond acceptors (Lipinski definition) is 3. The summed E-state index contributed by atoms with van der Waals surface area (Å²) >= 11 is 6.01. The maximum Gasteiger partial charge on any atom is 0.270 e. The number of nitrogens with one attached hydrogen (secondary N) is 1. The van der Waals surface area contributed by atoms with Crippen LogP contribution < -0.4 is 5.32 Å². The third kappa shape index (κ3) is 4.61. The SMILES string of the molecule is COCCCNC(=O)c1cc(-c2ccc(C)c(C)c2)nn1-c1ccc(Cl)cc1. The van der Waals surface area contributed by atoms with Crippen LogP contribution in [0.3, 0.4) is 0 Å². The number of aryl methyl sites for hydroxylation is 2. The first kappa shape index (κ1) is 20.1. The van der Waals surface area contributed by atoms with Crippen LogP contribution in [0.25, 0.3) is 16.9 Å². The van der Waals surface area contributed by atoms with E-state index in [1.54, 1.807) is 23.9 Å². The van der Waals surface area contributed by atoms with Gasteiger partial charge in [-0.05, 0) is 67.8 Å². The van der Waals surface area contributed by atoms with Crippen LogP contribution in [0.1, 0.15) is 28.0 Å². The summed E-state index contributed by atoms with van der Waals surface area (Å²) in [5, 5.41) is 8.27. The number of amides is 1. The lowest BCUT2D eigenvalue weighted by molar-refractivity contribution is 0.0941. The first-order valence-corrected chi connectivity index (χ1v) is 9.58. The second-order valence-corrected chi connectivity index (χ2v) is 7.14. The third-order valence-corrected chi connectivity index (χ3v) is 4.88. The average Bonchev–Trinajstić information content (AvgIpc) is 3.13. The van der Waals surface area contributed by atoms with Gasteiger partial charge in [0.05, 0.1) is 11.4 Å². The highest BCUT2D eigenvalue weighted by molar-refractivity contribution is 6.30. The monoisotopic (exact) mass is 397 g/mol. The molecule has 146 valence electrons. The van der Waals surface area contributed by atoms with Crippen LogP contribution in [0.4, 0.5) is 0 Å². The zero-order chi connectivity index (χ0) is 20.1. The van der Waals surface area contributed by atoms with E-state index in [2.05, 4.69) is 31.3 Å². The van der Waals surface area contributed by atoms with Gasteiger partial charge >= 0.3 is 0 Å². The first-order chi connectivity index (χ1) is 13.5. The molecule has 1 N–H and O–H groups in total. The van der Waals surface area contributed by atoms with Gasteiger partial charge in [-0.1, -0.05) is 23.7 Å². The maximum atomic E-state index is 12.8. The van der Waals surface area contributed by atoms with Crippen LogP contribution in [0.15, 0.2) is 48.5 Å². The molecule has 1 heterocycles. The maximum absolute atomic E-state index is 12.8. The van der Waals surface area contributed by atoms with Crippen molar-refractivity contribution in [2.24, 2.45) is 0 Å². The highest BCUT2D eigenvalue weighted by Gasteiger charge is 2.17. The van der Waals surface area contributed by atoms with Crippen molar-refractivity contribution >= 4 is 17.5 Å². The topological polar surface area (TPSA) is 56.1 Å². The lowest BCUT2D eigenvalue weighted by atomic mass is 10.0. The van der Waals surface area contributed by atoms with Crippen LogP contribution in [-0.2, 0) is 4.74 Å². The fourth-order valence-electron chi connectivity index (χ4n) is 2.87. The molecule has 3 rings (SSSR count). The molecule has 0 aliphatic carbocycles. The number of carbonyl (C=O) groups excluding carboxylic acids is 1. The molecule has 2 aromatic carbocycles. The van der Waals surface area contributed by atoms with Crippen molar-refractivity contribution in [3.8, 4) is 16.9 Å². The first-order valence-electron chi connectivity index (χ1n) is 9.20. The summed E-state index contributed by atoms with van der Waals surface area (Å²) in [7, 11) is 1.65. The fourth-order valence-corrected chi connectivity index (χ4v) is 3.00. The molecule has 0 bridgehead atoms. The Morgan fingerprint density at radius 2 is 1.86 bits per heavy atom. The minimum Gasteiger partial charge on any atom is -0.385 e. The van der Waals surface area contributed by atoms with E-state index in [1.165, 1.54) is 11.1 Å². The summed E-state index contributed by atoms with van der Waals surface area (Å²) in [6.07, 6.45) is 0.751. The number of methoxy groups -OCH3 is 1. The van der Waals surface area contributed by atoms with Crippen molar-refractivity contribution in [2.45, 2.75) is 20.3 Å². The molecule has 0 radical (unpaired) electrons. The van der Waals surface area contributed by atoms with Crippen molar-refractivity contribution in [1.29, 1.82) is 0 Å². The predicted molar refractivity (Wildman–Crippen MR) is 112 cm³/mol. The molecule has 0 aliphatic heterocycles. The molecule has 1 aromatic heterocycles. The van der Waals surface area contributed by atoms with Crippen LogP contribution >= 0.6 is 11.6 Å². The van der Waals surface area contributed by atoms with Gasteiger partial charge in [-0.2, -0.15) is 5.10 Å². The minimum absolute atomic E-state index is 0.173. The predicted octanol–water partition coefficient (Wildman–Crippen LogP) is 4.58. The second kappa shape index (κ2) is 9.04. The standard InChI is InChI=1S/C22H24ClN3O2/c1-15-5-6-17(13-16(15)2)20-14-21(22(27)24-11-4-12-28-3)26(25-20)19-9-7-18(23)8-10-19/h5-10,13-14H,4,11-12H2,1-3H3,(H,24,27). The average molecular weight is 398 g/mol. The quantitative estimate of drug-likeness (QED) is 0.594. The van der Waals surface area contributed by atoms with Crippen molar-refractivity contribution < 1.29 is 9.53 Å². The van der Waals surface area contributed by atoms with E-state index >= 15 is 0 Å². The molecular formula is C22H24ClN3O2. The van der Waals surface area contributed by atoms with Crippen LogP contribution in [0.5, 0.6) is 0 Å². The van der Waals surface area contributed by atoms with Gasteiger partial charge in [0, 0.05) is 30.8 Å². The minimum atomic E-state index is -0.173. The summed E-state index contributed by atoms with van der Waals surface area (Å²) in [4.78, 5) is 12.8. The van der Waals surface area contributed by atoms with Gasteiger partial charge in [-0.3, -0.25) is 4.79 Å². The molecular weight excluding hydrogens is 374 g/mol. The molecule has 6 heteroatoms. The summed E-state index contributed by atoms with van der Waals surface area (Å²) < 4.78 is 6.69. The van der Waals surface area contributed by atoms with Gasteiger partial charge in [0.2, 0.25) is 0 Å². The number of benzene rings is 2. The Hall–Kier alpha value is -2.63. The van der Waals surface area contributed by atoms with Crippen LogP contribution in [-0.4, -0.2) is 35.9 Å². The van der Waals surface area contributed by atoms with Crippen LogP contribution in [0.2, 0.25) is 5.02 Å². The van der Waals surface area contributed by atoms with Gasteiger partial charge in [-0.25, -0.2) is 4.68 Å². The molecule has 0 spiro atoms. The zero-order valence-corrected chi connectivity index (χ0v) is 17.1. The highest BCUT2D eigenvalue weighted by Crippen LogP contribution is 2.24. The highest BCUT2D eigenvalue weighted by atomic mass is 35.5. The van der Waals surface area contributed by atoms with Gasteiger partial charge in [0.25, 0.3) is 5.91 Å². The molecule has 0 fully saturated rings. The Morgan fingerprint density at radius 3 is 2.54 bits per heavy atom. The van der Waals surface area contributed by atoms with E-state index in [9.17, 15) is 4.79 Å². The third-order valence-electron chi connectivity index (χ3n) is 4.63. The fraction of sp³-hybridized carbons (Fsp3) is 0.273. The molecule has 0 unspecified atom stereocenters. The van der Waals surface area contributed by atoms with Gasteiger partial charge < -0.3 is 10.1 Å². The number of halogens is 1. The number of hydrogen-bond donors (Lipinski definition) is 1. The summed E-state index contributed by atoms with van der Waals surface area (Å²) in [5.41, 5.74) is 5.39. The van der Waals surface area contributed by atoms with Crippen molar-refractivity contribution in [2.75, 3.05) is 20.3 Å². The Bertz CT molecular complexity index is 964. The lowest BCUT2D eigenvalue weighted by Gasteiger charge is -2.08. The molecule has 3 aromatic rings. The smallest absolute Gasteiger partial charge is 0.270 e. The zero-order valence-electron chi connectivity index (χ0n) is 16.3.